The fourth-order valence-electron chi connectivity index (χ4n) is 1.72. The van der Waals surface area contributed by atoms with Gasteiger partial charge in [0.15, 0.2) is 0 Å². The Hall–Kier alpha value is -1.06. The van der Waals surface area contributed by atoms with Crippen molar-refractivity contribution in [2.75, 3.05) is 6.61 Å². The molecule has 0 saturated carbocycles. The first-order chi connectivity index (χ1) is 10.1. The second-order valence-corrected chi connectivity index (χ2v) is 7.46. The van der Waals surface area contributed by atoms with Crippen LogP contribution >= 0.6 is 0 Å². The summed E-state index contributed by atoms with van der Waals surface area (Å²) in [7, 11) is 0. The molecule has 0 aromatic rings. The molecule has 0 spiro atoms. The Morgan fingerprint density at radius 3 is 1.95 bits per heavy atom. The molecule has 0 aromatic heterocycles. The predicted octanol–water partition coefficient (Wildman–Crippen LogP) is 4.50. The van der Waals surface area contributed by atoms with Crippen LogP contribution in [0.15, 0.2) is 0 Å². The van der Waals surface area contributed by atoms with Gasteiger partial charge in [0.05, 0.1) is 6.61 Å². The van der Waals surface area contributed by atoms with Gasteiger partial charge in [-0.25, -0.2) is 0 Å². The number of carbonyl (C=O) groups is 2. The van der Waals surface area contributed by atoms with Gasteiger partial charge in [-0.3, -0.25) is 9.59 Å². The lowest BCUT2D eigenvalue weighted by atomic mass is 9.90. The molecule has 0 amide bonds. The number of hydrogen-bond donors (Lipinski definition) is 0. The minimum atomic E-state index is -0.187. The summed E-state index contributed by atoms with van der Waals surface area (Å²) in [5.74, 6) is 0.285. The van der Waals surface area contributed by atoms with Gasteiger partial charge in [-0.05, 0) is 43.9 Å². The second-order valence-electron chi connectivity index (χ2n) is 7.46. The summed E-state index contributed by atoms with van der Waals surface area (Å²) in [6.45, 7) is 12.8. The quantitative estimate of drug-likeness (QED) is 0.440. The van der Waals surface area contributed by atoms with Gasteiger partial charge >= 0.3 is 11.9 Å². The third kappa shape index (κ3) is 11.6. The number of rotatable bonds is 10. The average Bonchev–Trinajstić information content (AvgIpc) is 2.38. The Labute approximate surface area is 135 Å². The van der Waals surface area contributed by atoms with Crippen molar-refractivity contribution < 1.29 is 19.1 Å². The van der Waals surface area contributed by atoms with Crippen LogP contribution in [0.25, 0.3) is 0 Å². The van der Waals surface area contributed by atoms with Crippen molar-refractivity contribution in [3.63, 3.8) is 0 Å². The van der Waals surface area contributed by atoms with Crippen LogP contribution in [0.1, 0.15) is 80.1 Å². The fraction of sp³-hybridized carbons (Fsp3) is 0.889. The van der Waals surface area contributed by atoms with Crippen molar-refractivity contribution >= 4 is 11.9 Å². The Balaban J connectivity index is 3.63. The molecule has 130 valence electrons. The largest absolute Gasteiger partial charge is 0.466 e. The number of ether oxygens (including phenoxy) is 2. The summed E-state index contributed by atoms with van der Waals surface area (Å²) < 4.78 is 10.5. The van der Waals surface area contributed by atoms with Crippen LogP contribution in [0, 0.1) is 11.3 Å². The Kier molecular flexibility index (Phi) is 10.1. The maximum Gasteiger partial charge on any atom is 0.306 e. The average molecular weight is 314 g/mol. The van der Waals surface area contributed by atoms with Crippen LogP contribution in [-0.2, 0) is 19.1 Å². The van der Waals surface area contributed by atoms with Gasteiger partial charge in [0.2, 0.25) is 0 Å². The zero-order chi connectivity index (χ0) is 17.2. The first-order valence-electron chi connectivity index (χ1n) is 8.48. The monoisotopic (exact) mass is 314 g/mol. The van der Waals surface area contributed by atoms with Gasteiger partial charge in [0.25, 0.3) is 0 Å². The topological polar surface area (TPSA) is 52.6 Å². The molecule has 4 heteroatoms. The van der Waals surface area contributed by atoms with E-state index in [0.29, 0.717) is 38.2 Å². The Morgan fingerprint density at radius 1 is 0.909 bits per heavy atom. The molecule has 0 N–H and O–H groups in total. The first-order valence-corrected chi connectivity index (χ1v) is 8.48. The van der Waals surface area contributed by atoms with Crippen LogP contribution in [0.3, 0.4) is 0 Å². The van der Waals surface area contributed by atoms with Crippen molar-refractivity contribution in [3.8, 4) is 0 Å². The zero-order valence-electron chi connectivity index (χ0n) is 15.2. The number of esters is 2. The standard InChI is InChI=1S/C18H34O4/c1-14(2)10-9-13-21-16(19)11-7-8-12-17(20)22-15(3)18(4,5)6/h14-15H,7-13H2,1-6H3. The highest BCUT2D eigenvalue weighted by molar-refractivity contribution is 5.70. The highest BCUT2D eigenvalue weighted by atomic mass is 16.5. The zero-order valence-corrected chi connectivity index (χ0v) is 15.2. The summed E-state index contributed by atoms with van der Waals surface area (Å²) >= 11 is 0. The molecule has 0 aliphatic heterocycles. The Morgan fingerprint density at radius 2 is 1.45 bits per heavy atom. The maximum absolute atomic E-state index is 11.7. The van der Waals surface area contributed by atoms with Gasteiger partial charge in [0, 0.05) is 12.8 Å². The molecule has 0 fully saturated rings. The molecular formula is C18H34O4. The summed E-state index contributed by atoms with van der Waals surface area (Å²) in [6, 6.07) is 0. The van der Waals surface area contributed by atoms with E-state index in [1.54, 1.807) is 0 Å². The normalized spacial score (nSPS) is 13.0. The molecule has 0 heterocycles. The van der Waals surface area contributed by atoms with E-state index in [2.05, 4.69) is 13.8 Å². The lowest BCUT2D eigenvalue weighted by molar-refractivity contribution is -0.153. The molecule has 0 aliphatic carbocycles. The molecule has 0 saturated heterocycles. The van der Waals surface area contributed by atoms with Gasteiger partial charge in [-0.15, -0.1) is 0 Å². The maximum atomic E-state index is 11.7. The molecule has 0 radical (unpaired) electrons. The Bertz CT molecular complexity index is 328. The van der Waals surface area contributed by atoms with Gasteiger partial charge in [0.1, 0.15) is 6.10 Å². The second kappa shape index (κ2) is 10.6. The fourth-order valence-corrected chi connectivity index (χ4v) is 1.72. The minimum absolute atomic E-state index is 0.0462. The van der Waals surface area contributed by atoms with Crippen molar-refractivity contribution in [3.05, 3.63) is 0 Å². The van der Waals surface area contributed by atoms with E-state index in [4.69, 9.17) is 9.47 Å². The molecule has 0 bridgehead atoms. The van der Waals surface area contributed by atoms with Gasteiger partial charge in [-0.2, -0.15) is 0 Å². The van der Waals surface area contributed by atoms with E-state index in [1.807, 2.05) is 27.7 Å². The SMILES string of the molecule is CC(C)CCCOC(=O)CCCCC(=O)OC(C)C(C)(C)C. The van der Waals surface area contributed by atoms with Crippen molar-refractivity contribution in [2.24, 2.45) is 11.3 Å². The van der Waals surface area contributed by atoms with Gasteiger partial charge in [-0.1, -0.05) is 34.6 Å². The predicted molar refractivity (Wildman–Crippen MR) is 88.5 cm³/mol. The van der Waals surface area contributed by atoms with E-state index < -0.39 is 0 Å². The lowest BCUT2D eigenvalue weighted by Gasteiger charge is -2.26. The number of unbranched alkanes of at least 4 members (excludes halogenated alkanes) is 1. The first kappa shape index (κ1) is 20.9. The van der Waals surface area contributed by atoms with Crippen LogP contribution < -0.4 is 0 Å². The summed E-state index contributed by atoms with van der Waals surface area (Å²) in [5, 5.41) is 0. The van der Waals surface area contributed by atoms with Gasteiger partial charge < -0.3 is 9.47 Å². The smallest absolute Gasteiger partial charge is 0.306 e. The van der Waals surface area contributed by atoms with Crippen molar-refractivity contribution in [1.29, 1.82) is 0 Å². The molecule has 1 unspecified atom stereocenters. The summed E-state index contributed by atoms with van der Waals surface area (Å²) in [4.78, 5) is 23.2. The van der Waals surface area contributed by atoms with Crippen molar-refractivity contribution in [1.82, 2.24) is 0 Å². The highest BCUT2D eigenvalue weighted by Crippen LogP contribution is 2.22. The van der Waals surface area contributed by atoms with Crippen LogP contribution in [0.5, 0.6) is 0 Å². The molecule has 0 aliphatic rings. The number of carbonyl (C=O) groups excluding carboxylic acids is 2. The molecule has 0 rings (SSSR count). The van der Waals surface area contributed by atoms with E-state index in [9.17, 15) is 9.59 Å². The van der Waals surface area contributed by atoms with E-state index >= 15 is 0 Å². The summed E-state index contributed by atoms with van der Waals surface area (Å²) in [6.07, 6.45) is 3.96. The minimum Gasteiger partial charge on any atom is -0.466 e. The van der Waals surface area contributed by atoms with Crippen molar-refractivity contribution in [2.45, 2.75) is 86.2 Å². The van der Waals surface area contributed by atoms with Crippen LogP contribution in [0.4, 0.5) is 0 Å². The van der Waals surface area contributed by atoms with E-state index in [-0.39, 0.29) is 23.5 Å². The summed E-state index contributed by atoms with van der Waals surface area (Å²) in [5.41, 5.74) is -0.0462. The molecule has 1 atom stereocenters. The molecule has 0 aromatic carbocycles. The highest BCUT2D eigenvalue weighted by Gasteiger charge is 2.23. The van der Waals surface area contributed by atoms with E-state index in [1.165, 1.54) is 0 Å². The molecule has 22 heavy (non-hydrogen) atoms. The van der Waals surface area contributed by atoms with Crippen LogP contribution in [0.2, 0.25) is 0 Å². The third-order valence-electron chi connectivity index (χ3n) is 3.73. The molecule has 4 nitrogen and oxygen atoms in total. The van der Waals surface area contributed by atoms with Crippen LogP contribution in [-0.4, -0.2) is 24.6 Å². The lowest BCUT2D eigenvalue weighted by Crippen LogP contribution is -2.28. The van der Waals surface area contributed by atoms with E-state index in [0.717, 1.165) is 12.8 Å². The third-order valence-corrected chi connectivity index (χ3v) is 3.73. The molecular weight excluding hydrogens is 280 g/mol. The number of hydrogen-bond acceptors (Lipinski definition) is 4.